The number of nitriles is 1. The topological polar surface area (TPSA) is 62.0 Å². The number of nitrogens with zero attached hydrogens (tertiary/aromatic N) is 4. The zero-order valence-electron chi connectivity index (χ0n) is 12.5. The number of morpholine rings is 1. The van der Waals surface area contributed by atoms with Gasteiger partial charge in [-0.25, -0.2) is 9.97 Å². The lowest BCUT2D eigenvalue weighted by atomic mass is 10.2. The van der Waals surface area contributed by atoms with E-state index >= 15 is 0 Å². The highest BCUT2D eigenvalue weighted by atomic mass is 32.2. The molecule has 2 aromatic rings. The molecule has 5 nitrogen and oxygen atoms in total. The van der Waals surface area contributed by atoms with Gasteiger partial charge in [-0.2, -0.15) is 5.26 Å². The van der Waals surface area contributed by atoms with Crippen molar-refractivity contribution in [3.05, 3.63) is 30.1 Å². The molecule has 1 aromatic heterocycles. The van der Waals surface area contributed by atoms with Crippen molar-refractivity contribution in [3.8, 4) is 6.07 Å². The van der Waals surface area contributed by atoms with E-state index in [0.717, 1.165) is 54.6 Å². The summed E-state index contributed by atoms with van der Waals surface area (Å²) in [4.78, 5) is 11.7. The lowest BCUT2D eigenvalue weighted by Gasteiger charge is -2.26. The van der Waals surface area contributed by atoms with Gasteiger partial charge in [-0.15, -0.1) is 0 Å². The molecule has 0 N–H and O–H groups in total. The summed E-state index contributed by atoms with van der Waals surface area (Å²) in [5, 5.41) is 10.8. The van der Waals surface area contributed by atoms with Crippen LogP contribution in [-0.2, 0) is 11.3 Å². The van der Waals surface area contributed by atoms with Crippen LogP contribution in [0.4, 0.5) is 0 Å². The maximum Gasteiger partial charge on any atom is 0.144 e. The van der Waals surface area contributed by atoms with Crippen LogP contribution in [0.1, 0.15) is 12.7 Å². The van der Waals surface area contributed by atoms with Crippen LogP contribution in [0.25, 0.3) is 10.9 Å². The number of ether oxygens (including phenoxy) is 1. The first-order valence-corrected chi connectivity index (χ1v) is 8.26. The van der Waals surface area contributed by atoms with E-state index in [4.69, 9.17) is 15.0 Å². The molecule has 1 atom stereocenters. The molecule has 0 saturated carbocycles. The fraction of sp³-hybridized carbons (Fsp3) is 0.438. The number of fused-ring (bicyclic) bond motifs is 1. The Hall–Kier alpha value is -1.68. The minimum absolute atomic E-state index is 0.130. The van der Waals surface area contributed by atoms with Crippen LogP contribution < -0.4 is 0 Å². The quantitative estimate of drug-likeness (QED) is 0.638. The highest BCUT2D eigenvalue weighted by Crippen LogP contribution is 2.28. The zero-order valence-corrected chi connectivity index (χ0v) is 13.3. The summed E-state index contributed by atoms with van der Waals surface area (Å²) in [6.07, 6.45) is 0. The monoisotopic (exact) mass is 314 g/mol. The molecule has 1 saturated heterocycles. The van der Waals surface area contributed by atoms with Crippen molar-refractivity contribution in [2.24, 2.45) is 0 Å². The molecule has 0 amide bonds. The summed E-state index contributed by atoms with van der Waals surface area (Å²) < 4.78 is 5.38. The van der Waals surface area contributed by atoms with Gasteiger partial charge in [0.1, 0.15) is 10.9 Å². The van der Waals surface area contributed by atoms with E-state index < -0.39 is 0 Å². The standard InChI is InChI=1S/C16H18N4OS/c1-12(10-17)22-16-13-4-2-3-5-14(13)18-15(19-16)11-20-6-8-21-9-7-20/h2-5,12H,6-9,11H2,1H3. The minimum Gasteiger partial charge on any atom is -0.379 e. The third kappa shape index (κ3) is 3.55. The molecule has 2 heterocycles. The normalized spacial score (nSPS) is 17.3. The maximum absolute atomic E-state index is 9.06. The van der Waals surface area contributed by atoms with Gasteiger partial charge >= 0.3 is 0 Å². The summed E-state index contributed by atoms with van der Waals surface area (Å²) in [7, 11) is 0. The smallest absolute Gasteiger partial charge is 0.144 e. The van der Waals surface area contributed by atoms with Gasteiger partial charge in [-0.05, 0) is 13.0 Å². The van der Waals surface area contributed by atoms with E-state index in [1.807, 2.05) is 31.2 Å². The van der Waals surface area contributed by atoms with Gasteiger partial charge in [0.2, 0.25) is 0 Å². The van der Waals surface area contributed by atoms with E-state index in [1.54, 1.807) is 0 Å². The molecular formula is C16H18N4OS. The molecule has 0 bridgehead atoms. The number of para-hydroxylation sites is 1. The van der Waals surface area contributed by atoms with E-state index in [1.165, 1.54) is 11.8 Å². The molecule has 0 radical (unpaired) electrons. The number of aromatic nitrogens is 2. The predicted octanol–water partition coefficient (Wildman–Crippen LogP) is 2.47. The first-order chi connectivity index (χ1) is 10.8. The fourth-order valence-corrected chi connectivity index (χ4v) is 3.25. The molecule has 22 heavy (non-hydrogen) atoms. The first kappa shape index (κ1) is 15.2. The summed E-state index contributed by atoms with van der Waals surface area (Å²) >= 11 is 1.49. The molecule has 0 aliphatic carbocycles. The number of benzene rings is 1. The summed E-state index contributed by atoms with van der Waals surface area (Å²) in [6, 6.07) is 10.2. The van der Waals surface area contributed by atoms with Gasteiger partial charge < -0.3 is 4.74 Å². The van der Waals surface area contributed by atoms with Gasteiger partial charge in [0.05, 0.1) is 36.6 Å². The zero-order chi connectivity index (χ0) is 15.4. The van der Waals surface area contributed by atoms with Crippen LogP contribution in [0.3, 0.4) is 0 Å². The molecule has 0 spiro atoms. The number of rotatable bonds is 4. The highest BCUT2D eigenvalue weighted by Gasteiger charge is 2.15. The maximum atomic E-state index is 9.06. The summed E-state index contributed by atoms with van der Waals surface area (Å²) in [6.45, 7) is 5.97. The van der Waals surface area contributed by atoms with E-state index in [9.17, 15) is 0 Å². The molecule has 1 aliphatic rings. The van der Waals surface area contributed by atoms with Gasteiger partial charge in [-0.1, -0.05) is 30.0 Å². The van der Waals surface area contributed by atoms with Crippen LogP contribution >= 0.6 is 11.8 Å². The van der Waals surface area contributed by atoms with Gasteiger partial charge in [0.15, 0.2) is 0 Å². The van der Waals surface area contributed by atoms with Crippen molar-refractivity contribution >= 4 is 22.7 Å². The van der Waals surface area contributed by atoms with Crippen molar-refractivity contribution in [2.75, 3.05) is 26.3 Å². The van der Waals surface area contributed by atoms with Crippen LogP contribution in [-0.4, -0.2) is 46.4 Å². The van der Waals surface area contributed by atoms with E-state index in [2.05, 4.69) is 16.0 Å². The highest BCUT2D eigenvalue weighted by molar-refractivity contribution is 8.00. The molecule has 3 rings (SSSR count). The van der Waals surface area contributed by atoms with Gasteiger partial charge in [-0.3, -0.25) is 4.90 Å². The van der Waals surface area contributed by atoms with Crippen LogP contribution in [0.15, 0.2) is 29.3 Å². The van der Waals surface area contributed by atoms with Gasteiger partial charge in [0.25, 0.3) is 0 Å². The van der Waals surface area contributed by atoms with Gasteiger partial charge in [0, 0.05) is 18.5 Å². The molecular weight excluding hydrogens is 296 g/mol. The Morgan fingerprint density at radius 1 is 1.32 bits per heavy atom. The van der Waals surface area contributed by atoms with Crippen molar-refractivity contribution < 1.29 is 4.74 Å². The SMILES string of the molecule is CC(C#N)Sc1nc(CN2CCOCC2)nc2ccccc12. The molecule has 1 unspecified atom stereocenters. The second-order valence-electron chi connectivity index (χ2n) is 5.24. The number of hydrogen-bond donors (Lipinski definition) is 0. The predicted molar refractivity (Wildman–Crippen MR) is 86.6 cm³/mol. The minimum atomic E-state index is -0.130. The summed E-state index contributed by atoms with van der Waals surface area (Å²) in [5.41, 5.74) is 0.938. The van der Waals surface area contributed by atoms with Crippen molar-refractivity contribution in [1.82, 2.24) is 14.9 Å². The average Bonchev–Trinajstić information content (AvgIpc) is 2.55. The third-order valence-electron chi connectivity index (χ3n) is 3.55. The molecule has 1 aromatic carbocycles. The van der Waals surface area contributed by atoms with Crippen molar-refractivity contribution in [3.63, 3.8) is 0 Å². The fourth-order valence-electron chi connectivity index (χ4n) is 2.41. The number of hydrogen-bond acceptors (Lipinski definition) is 6. The van der Waals surface area contributed by atoms with Crippen molar-refractivity contribution in [1.29, 1.82) is 5.26 Å². The molecule has 1 fully saturated rings. The Morgan fingerprint density at radius 2 is 2.09 bits per heavy atom. The third-order valence-corrected chi connectivity index (χ3v) is 4.55. The second kappa shape index (κ2) is 7.05. The molecule has 114 valence electrons. The Bertz CT molecular complexity index is 694. The Kier molecular flexibility index (Phi) is 4.88. The average molecular weight is 314 g/mol. The van der Waals surface area contributed by atoms with E-state index in [-0.39, 0.29) is 5.25 Å². The lowest BCUT2D eigenvalue weighted by molar-refractivity contribution is 0.0330. The first-order valence-electron chi connectivity index (χ1n) is 7.38. The van der Waals surface area contributed by atoms with E-state index in [0.29, 0.717) is 0 Å². The molecule has 6 heteroatoms. The largest absolute Gasteiger partial charge is 0.379 e. The lowest BCUT2D eigenvalue weighted by Crippen LogP contribution is -2.36. The number of thioether (sulfide) groups is 1. The Morgan fingerprint density at radius 3 is 2.86 bits per heavy atom. The van der Waals surface area contributed by atoms with Crippen LogP contribution in [0.2, 0.25) is 0 Å². The van der Waals surface area contributed by atoms with Crippen LogP contribution in [0, 0.1) is 11.3 Å². The summed E-state index contributed by atoms with van der Waals surface area (Å²) in [5.74, 6) is 0.813. The Labute approximate surface area is 134 Å². The van der Waals surface area contributed by atoms with Crippen molar-refractivity contribution in [2.45, 2.75) is 23.7 Å². The Balaban J connectivity index is 1.91. The van der Waals surface area contributed by atoms with Crippen LogP contribution in [0.5, 0.6) is 0 Å². The second-order valence-corrected chi connectivity index (χ2v) is 6.57. The molecule has 1 aliphatic heterocycles.